The molecule has 3 nitrogen and oxygen atoms in total. The molecule has 1 saturated heterocycles. The molecule has 0 bridgehead atoms. The summed E-state index contributed by atoms with van der Waals surface area (Å²) in [5.74, 6) is 0.441. The number of rotatable bonds is 11. The van der Waals surface area contributed by atoms with Crippen LogP contribution in [0, 0.1) is 5.41 Å². The molecular weight excluding hydrogens is 455 g/mol. The normalized spacial score (nSPS) is 21.0. The van der Waals surface area contributed by atoms with Gasteiger partial charge in [-0.05, 0) is 0 Å². The first-order valence-electron chi connectivity index (χ1n) is 5.74. The number of halogens is 4. The first-order chi connectivity index (χ1) is 8.69. The Morgan fingerprint density at radius 3 is 2.33 bits per heavy atom. The highest BCUT2D eigenvalue weighted by atomic mass is 79.9. The van der Waals surface area contributed by atoms with Crippen LogP contribution in [0.25, 0.3) is 0 Å². The SMILES string of the molecule is ClCC(COCC(CBr)(CBr)CBr)OCC1CO1. The van der Waals surface area contributed by atoms with E-state index in [9.17, 15) is 0 Å². The van der Waals surface area contributed by atoms with E-state index in [-0.39, 0.29) is 17.6 Å². The second-order valence-corrected chi connectivity index (χ2v) is 6.47. The van der Waals surface area contributed by atoms with E-state index in [0.717, 1.165) is 22.6 Å². The van der Waals surface area contributed by atoms with Crippen LogP contribution in [0.4, 0.5) is 0 Å². The zero-order valence-corrected chi connectivity index (χ0v) is 15.6. The minimum Gasteiger partial charge on any atom is -0.378 e. The molecule has 2 unspecified atom stereocenters. The van der Waals surface area contributed by atoms with E-state index in [1.807, 2.05) is 0 Å². The summed E-state index contributed by atoms with van der Waals surface area (Å²) in [5.41, 5.74) is 0.0659. The van der Waals surface area contributed by atoms with Gasteiger partial charge in [-0.3, -0.25) is 0 Å². The van der Waals surface area contributed by atoms with Crippen molar-refractivity contribution in [3.63, 3.8) is 0 Å². The van der Waals surface area contributed by atoms with Crippen LogP contribution in [0.1, 0.15) is 0 Å². The van der Waals surface area contributed by atoms with E-state index in [1.165, 1.54) is 0 Å². The molecule has 1 aliphatic rings. The monoisotopic (exact) mass is 470 g/mol. The van der Waals surface area contributed by atoms with Gasteiger partial charge in [0.25, 0.3) is 0 Å². The second kappa shape index (κ2) is 9.53. The molecule has 1 fully saturated rings. The van der Waals surface area contributed by atoms with Crippen molar-refractivity contribution in [2.24, 2.45) is 5.41 Å². The Bertz CT molecular complexity index is 217. The summed E-state index contributed by atoms with van der Waals surface area (Å²) in [4.78, 5) is 0. The van der Waals surface area contributed by atoms with Gasteiger partial charge in [-0.25, -0.2) is 0 Å². The summed E-state index contributed by atoms with van der Waals surface area (Å²) >= 11 is 16.4. The molecule has 0 aliphatic carbocycles. The first-order valence-corrected chi connectivity index (χ1v) is 9.64. The lowest BCUT2D eigenvalue weighted by molar-refractivity contribution is -0.0242. The highest BCUT2D eigenvalue weighted by molar-refractivity contribution is 9.10. The zero-order valence-electron chi connectivity index (χ0n) is 10.0. The molecule has 108 valence electrons. The molecule has 0 saturated carbocycles. The van der Waals surface area contributed by atoms with Gasteiger partial charge >= 0.3 is 0 Å². The Hall–Kier alpha value is 1.61. The minimum atomic E-state index is -0.0606. The second-order valence-electron chi connectivity index (χ2n) is 4.48. The largest absolute Gasteiger partial charge is 0.378 e. The average Bonchev–Trinajstić information content (AvgIpc) is 3.23. The molecular formula is C11H18Br3ClO3. The number of epoxide rings is 1. The summed E-state index contributed by atoms with van der Waals surface area (Å²) < 4.78 is 16.4. The van der Waals surface area contributed by atoms with Crippen LogP contribution in [-0.4, -0.2) is 60.5 Å². The lowest BCUT2D eigenvalue weighted by Gasteiger charge is -2.28. The maximum absolute atomic E-state index is 5.85. The Morgan fingerprint density at radius 1 is 1.28 bits per heavy atom. The van der Waals surface area contributed by atoms with Crippen molar-refractivity contribution in [2.75, 3.05) is 48.3 Å². The van der Waals surface area contributed by atoms with Gasteiger partial charge in [-0.2, -0.15) is 0 Å². The standard InChI is InChI=1S/C11H18Br3ClO3/c12-5-11(6-13,7-14)8-16-2-9(1-15)17-3-10-4-18-10/h9-10H,1-8H2. The molecule has 1 heterocycles. The molecule has 2 atom stereocenters. The quantitative estimate of drug-likeness (QED) is 0.341. The molecule has 18 heavy (non-hydrogen) atoms. The highest BCUT2D eigenvalue weighted by Crippen LogP contribution is 2.26. The molecule has 0 N–H and O–H groups in total. The van der Waals surface area contributed by atoms with Crippen LogP contribution in [-0.2, 0) is 14.2 Å². The minimum absolute atomic E-state index is 0.0606. The Labute approximate surface area is 139 Å². The van der Waals surface area contributed by atoms with Crippen molar-refractivity contribution >= 4 is 59.4 Å². The summed E-state index contributed by atoms with van der Waals surface area (Å²) in [6, 6.07) is 0. The molecule has 0 amide bonds. The third-order valence-electron chi connectivity index (χ3n) is 2.65. The van der Waals surface area contributed by atoms with Gasteiger partial charge < -0.3 is 14.2 Å². The maximum Gasteiger partial charge on any atom is 0.104 e. The van der Waals surface area contributed by atoms with Crippen LogP contribution in [0.2, 0.25) is 0 Å². The summed E-state index contributed by atoms with van der Waals surface area (Å²) in [7, 11) is 0. The Balaban J connectivity index is 2.19. The first kappa shape index (κ1) is 17.7. The summed E-state index contributed by atoms with van der Waals surface area (Å²) in [5, 5.41) is 2.62. The number of ether oxygens (including phenoxy) is 3. The van der Waals surface area contributed by atoms with E-state index < -0.39 is 0 Å². The topological polar surface area (TPSA) is 31.0 Å². The van der Waals surface area contributed by atoms with E-state index in [4.69, 9.17) is 25.8 Å². The van der Waals surface area contributed by atoms with Crippen molar-refractivity contribution in [1.82, 2.24) is 0 Å². The molecule has 0 aromatic rings. The maximum atomic E-state index is 5.85. The molecule has 0 aromatic carbocycles. The molecule has 7 heteroatoms. The smallest absolute Gasteiger partial charge is 0.104 e. The van der Waals surface area contributed by atoms with Crippen LogP contribution in [0.15, 0.2) is 0 Å². The van der Waals surface area contributed by atoms with E-state index in [0.29, 0.717) is 25.7 Å². The average molecular weight is 473 g/mol. The van der Waals surface area contributed by atoms with Gasteiger partial charge in [-0.15, -0.1) is 11.6 Å². The van der Waals surface area contributed by atoms with E-state index in [1.54, 1.807) is 0 Å². The number of alkyl halides is 4. The van der Waals surface area contributed by atoms with E-state index in [2.05, 4.69) is 47.8 Å². The van der Waals surface area contributed by atoms with E-state index >= 15 is 0 Å². The van der Waals surface area contributed by atoms with Gasteiger partial charge in [0, 0.05) is 21.4 Å². The predicted octanol–water partition coefficient (Wildman–Crippen LogP) is 3.20. The van der Waals surface area contributed by atoms with Gasteiger partial charge in [0.2, 0.25) is 0 Å². The Kier molecular flexibility index (Phi) is 9.35. The van der Waals surface area contributed by atoms with Crippen molar-refractivity contribution in [1.29, 1.82) is 0 Å². The van der Waals surface area contributed by atoms with Gasteiger partial charge in [0.1, 0.15) is 6.10 Å². The fourth-order valence-electron chi connectivity index (χ4n) is 1.17. The number of hydrogen-bond donors (Lipinski definition) is 0. The Morgan fingerprint density at radius 2 is 1.89 bits per heavy atom. The van der Waals surface area contributed by atoms with Gasteiger partial charge in [-0.1, -0.05) is 47.8 Å². The summed E-state index contributed by atoms with van der Waals surface area (Å²) in [6.45, 7) is 2.59. The third-order valence-corrected chi connectivity index (χ3v) is 6.57. The zero-order chi connectivity index (χ0) is 13.4. The molecule has 0 spiro atoms. The van der Waals surface area contributed by atoms with Gasteiger partial charge in [0.05, 0.1) is 38.4 Å². The van der Waals surface area contributed by atoms with Crippen LogP contribution >= 0.6 is 59.4 Å². The van der Waals surface area contributed by atoms with Crippen molar-refractivity contribution in [3.05, 3.63) is 0 Å². The molecule has 1 rings (SSSR count). The van der Waals surface area contributed by atoms with Crippen LogP contribution in [0.5, 0.6) is 0 Å². The molecule has 0 radical (unpaired) electrons. The van der Waals surface area contributed by atoms with Crippen molar-refractivity contribution in [2.45, 2.75) is 12.2 Å². The fourth-order valence-corrected chi connectivity index (χ4v) is 4.62. The summed E-state index contributed by atoms with van der Waals surface area (Å²) in [6.07, 6.45) is 0.206. The molecule has 1 aliphatic heterocycles. The molecule has 0 aromatic heterocycles. The third kappa shape index (κ3) is 6.37. The lowest BCUT2D eigenvalue weighted by Crippen LogP contribution is -2.34. The lowest BCUT2D eigenvalue weighted by atomic mass is 9.98. The van der Waals surface area contributed by atoms with Crippen molar-refractivity contribution < 1.29 is 14.2 Å². The highest BCUT2D eigenvalue weighted by Gasteiger charge is 2.28. The van der Waals surface area contributed by atoms with Crippen LogP contribution in [0.3, 0.4) is 0 Å². The predicted molar refractivity (Wildman–Crippen MR) is 84.8 cm³/mol. The number of hydrogen-bond acceptors (Lipinski definition) is 3. The van der Waals surface area contributed by atoms with Gasteiger partial charge in [0.15, 0.2) is 0 Å². The van der Waals surface area contributed by atoms with Crippen LogP contribution < -0.4 is 0 Å². The van der Waals surface area contributed by atoms with Crippen molar-refractivity contribution in [3.8, 4) is 0 Å². The fraction of sp³-hybridized carbons (Fsp3) is 1.00.